The number of aliphatic hydroxyl groups excluding tert-OH is 1. The molecule has 1 atom stereocenters. The Morgan fingerprint density at radius 3 is 3.19 bits per heavy atom. The monoisotopic (exact) mass is 221 g/mol. The molecule has 0 amide bonds. The minimum Gasteiger partial charge on any atom is -0.465 e. The molecule has 1 unspecified atom stereocenters. The van der Waals surface area contributed by atoms with Crippen LogP contribution in [0, 0.1) is 0 Å². The molecule has 0 saturated carbocycles. The van der Waals surface area contributed by atoms with E-state index in [4.69, 9.17) is 4.74 Å². The van der Waals surface area contributed by atoms with E-state index in [1.807, 2.05) is 12.1 Å². The smallest absolute Gasteiger partial charge is 0.320 e. The molecular weight excluding hydrogens is 206 g/mol. The van der Waals surface area contributed by atoms with Gasteiger partial charge in [-0.15, -0.1) is 0 Å². The summed E-state index contributed by atoms with van der Waals surface area (Å²) in [6, 6.07) is 3.79. The highest BCUT2D eigenvalue weighted by molar-refractivity contribution is 5.84. The normalized spacial score (nSPS) is 22.9. The van der Waals surface area contributed by atoms with Crippen LogP contribution in [0.15, 0.2) is 18.3 Å². The van der Waals surface area contributed by atoms with Gasteiger partial charge in [0.25, 0.3) is 0 Å². The van der Waals surface area contributed by atoms with Crippen molar-refractivity contribution < 1.29 is 14.6 Å². The average Bonchev–Trinajstić information content (AvgIpc) is 2.69. The summed E-state index contributed by atoms with van der Waals surface area (Å²) < 4.78 is 5.04. The lowest BCUT2D eigenvalue weighted by atomic mass is 9.86. The molecule has 2 rings (SSSR count). The second-order valence-electron chi connectivity index (χ2n) is 3.97. The highest BCUT2D eigenvalue weighted by Gasteiger charge is 2.47. The lowest BCUT2D eigenvalue weighted by Gasteiger charge is -2.24. The topological polar surface area (TPSA) is 59.4 Å². The zero-order valence-corrected chi connectivity index (χ0v) is 9.27. The highest BCUT2D eigenvalue weighted by Crippen LogP contribution is 2.38. The van der Waals surface area contributed by atoms with Crippen molar-refractivity contribution in [2.45, 2.75) is 25.2 Å². The fourth-order valence-corrected chi connectivity index (χ4v) is 2.22. The number of aliphatic hydroxyl groups is 1. The number of aryl methyl sites for hydroxylation is 1. The Labute approximate surface area is 94.3 Å². The highest BCUT2D eigenvalue weighted by atomic mass is 16.5. The molecule has 1 aromatic rings. The van der Waals surface area contributed by atoms with Crippen molar-refractivity contribution in [1.82, 2.24) is 4.98 Å². The van der Waals surface area contributed by atoms with Crippen LogP contribution in [0.3, 0.4) is 0 Å². The second-order valence-corrected chi connectivity index (χ2v) is 3.97. The van der Waals surface area contributed by atoms with Crippen LogP contribution in [-0.4, -0.2) is 29.3 Å². The number of nitrogens with zero attached hydrogens (tertiary/aromatic N) is 1. The molecule has 4 nitrogen and oxygen atoms in total. The van der Waals surface area contributed by atoms with Gasteiger partial charge in [0.05, 0.1) is 18.9 Å². The predicted octanol–water partition coefficient (Wildman–Crippen LogP) is 0.821. The van der Waals surface area contributed by atoms with E-state index in [0.29, 0.717) is 18.7 Å². The second kappa shape index (κ2) is 4.22. The summed E-state index contributed by atoms with van der Waals surface area (Å²) in [5.41, 5.74) is 0.771. The Morgan fingerprint density at radius 1 is 1.69 bits per heavy atom. The molecule has 0 aliphatic heterocycles. The first-order valence-corrected chi connectivity index (χ1v) is 5.47. The van der Waals surface area contributed by atoms with E-state index in [9.17, 15) is 9.90 Å². The Balaban J connectivity index is 2.41. The number of fused-ring (bicyclic) bond motifs is 1. The number of ether oxygens (including phenoxy) is 1. The van der Waals surface area contributed by atoms with E-state index in [1.165, 1.54) is 0 Å². The molecule has 0 aromatic carbocycles. The van der Waals surface area contributed by atoms with Crippen LogP contribution in [-0.2, 0) is 21.4 Å². The maximum Gasteiger partial charge on any atom is 0.320 e. The molecule has 1 N–H and O–H groups in total. The number of carbonyl (C=O) groups excluding carboxylic acids is 1. The Morgan fingerprint density at radius 2 is 2.50 bits per heavy atom. The van der Waals surface area contributed by atoms with Gasteiger partial charge in [0.2, 0.25) is 0 Å². The maximum atomic E-state index is 11.9. The van der Waals surface area contributed by atoms with Crippen molar-refractivity contribution >= 4 is 5.97 Å². The van der Waals surface area contributed by atoms with Gasteiger partial charge in [0, 0.05) is 6.20 Å². The van der Waals surface area contributed by atoms with Gasteiger partial charge in [0.15, 0.2) is 0 Å². The van der Waals surface area contributed by atoms with Gasteiger partial charge in [-0.25, -0.2) is 0 Å². The number of aromatic nitrogens is 1. The van der Waals surface area contributed by atoms with Crippen LogP contribution in [0.1, 0.15) is 24.6 Å². The molecule has 1 aliphatic carbocycles. The van der Waals surface area contributed by atoms with Crippen molar-refractivity contribution in [1.29, 1.82) is 0 Å². The number of rotatable bonds is 3. The van der Waals surface area contributed by atoms with Crippen molar-refractivity contribution in [2.24, 2.45) is 0 Å². The first-order chi connectivity index (χ1) is 7.74. The van der Waals surface area contributed by atoms with Gasteiger partial charge in [-0.2, -0.15) is 0 Å². The van der Waals surface area contributed by atoms with Gasteiger partial charge in [-0.1, -0.05) is 6.07 Å². The molecule has 0 saturated heterocycles. The molecule has 0 fully saturated rings. The van der Waals surface area contributed by atoms with Gasteiger partial charge < -0.3 is 9.84 Å². The fourth-order valence-electron chi connectivity index (χ4n) is 2.22. The molecule has 1 aliphatic rings. The lowest BCUT2D eigenvalue weighted by molar-refractivity contribution is -0.152. The first-order valence-electron chi connectivity index (χ1n) is 5.47. The molecule has 0 spiro atoms. The quantitative estimate of drug-likeness (QED) is 0.768. The van der Waals surface area contributed by atoms with E-state index in [2.05, 4.69) is 4.98 Å². The molecule has 86 valence electrons. The van der Waals surface area contributed by atoms with Gasteiger partial charge >= 0.3 is 5.97 Å². The standard InChI is InChI=1S/C12H15NO3/c1-2-16-11(15)12(8-14)6-5-9-4-3-7-13-10(9)12/h3-4,7,14H,2,5-6,8H2,1H3. The molecule has 4 heteroatoms. The van der Waals surface area contributed by atoms with Crippen LogP contribution in [0.5, 0.6) is 0 Å². The first kappa shape index (κ1) is 11.1. The number of hydrogen-bond donors (Lipinski definition) is 1. The molecule has 16 heavy (non-hydrogen) atoms. The van der Waals surface area contributed by atoms with Crippen LogP contribution < -0.4 is 0 Å². The third-order valence-electron chi connectivity index (χ3n) is 3.10. The Bertz CT molecular complexity index is 405. The average molecular weight is 221 g/mol. The van der Waals surface area contributed by atoms with Crippen LogP contribution in [0.2, 0.25) is 0 Å². The third kappa shape index (κ3) is 1.50. The Hall–Kier alpha value is -1.42. The SMILES string of the molecule is CCOC(=O)C1(CO)CCc2cccnc21. The van der Waals surface area contributed by atoms with Gasteiger partial charge in [-0.3, -0.25) is 9.78 Å². The predicted molar refractivity (Wildman–Crippen MR) is 58.0 cm³/mol. The summed E-state index contributed by atoms with van der Waals surface area (Å²) in [6.45, 7) is 1.84. The number of carbonyl (C=O) groups is 1. The fraction of sp³-hybridized carbons (Fsp3) is 0.500. The molecule has 0 radical (unpaired) electrons. The van der Waals surface area contributed by atoms with Gasteiger partial charge in [-0.05, 0) is 31.4 Å². The molecule has 1 heterocycles. The van der Waals surface area contributed by atoms with Crippen LogP contribution in [0.25, 0.3) is 0 Å². The Kier molecular flexibility index (Phi) is 2.92. The van der Waals surface area contributed by atoms with Crippen molar-refractivity contribution in [3.8, 4) is 0 Å². The van der Waals surface area contributed by atoms with E-state index in [-0.39, 0.29) is 12.6 Å². The van der Waals surface area contributed by atoms with E-state index < -0.39 is 5.41 Å². The number of pyridine rings is 1. The summed E-state index contributed by atoms with van der Waals surface area (Å²) >= 11 is 0. The minimum absolute atomic E-state index is 0.240. The maximum absolute atomic E-state index is 11.9. The van der Waals surface area contributed by atoms with E-state index >= 15 is 0 Å². The molecule has 0 bridgehead atoms. The zero-order valence-electron chi connectivity index (χ0n) is 9.27. The molecule has 1 aromatic heterocycles. The van der Waals surface area contributed by atoms with Crippen molar-refractivity contribution in [2.75, 3.05) is 13.2 Å². The van der Waals surface area contributed by atoms with Gasteiger partial charge in [0.1, 0.15) is 5.41 Å². The minimum atomic E-state index is -0.938. The summed E-state index contributed by atoms with van der Waals surface area (Å²) in [6.07, 6.45) is 2.99. The van der Waals surface area contributed by atoms with Crippen molar-refractivity contribution in [3.63, 3.8) is 0 Å². The zero-order chi connectivity index (χ0) is 11.6. The van der Waals surface area contributed by atoms with Crippen molar-refractivity contribution in [3.05, 3.63) is 29.6 Å². The van der Waals surface area contributed by atoms with Crippen LogP contribution in [0.4, 0.5) is 0 Å². The van der Waals surface area contributed by atoms with E-state index in [0.717, 1.165) is 12.0 Å². The summed E-state index contributed by atoms with van der Waals surface area (Å²) in [4.78, 5) is 16.2. The number of hydrogen-bond acceptors (Lipinski definition) is 4. The lowest BCUT2D eigenvalue weighted by Crippen LogP contribution is -2.39. The number of esters is 1. The van der Waals surface area contributed by atoms with Crippen LogP contribution >= 0.6 is 0 Å². The van der Waals surface area contributed by atoms with E-state index in [1.54, 1.807) is 13.1 Å². The summed E-state index contributed by atoms with van der Waals surface area (Å²) in [7, 11) is 0. The molecular formula is C12H15NO3. The summed E-state index contributed by atoms with van der Waals surface area (Å²) in [5, 5.41) is 9.52. The third-order valence-corrected chi connectivity index (χ3v) is 3.10. The largest absolute Gasteiger partial charge is 0.465 e. The summed E-state index contributed by atoms with van der Waals surface area (Å²) in [5.74, 6) is -0.366.